The number of anilines is 1. The lowest BCUT2D eigenvalue weighted by Crippen LogP contribution is -2.28. The maximum Gasteiger partial charge on any atom is 0.251 e. The summed E-state index contributed by atoms with van der Waals surface area (Å²) in [6.07, 6.45) is 2.12. The van der Waals surface area contributed by atoms with Crippen molar-refractivity contribution in [2.45, 2.75) is 39.7 Å². The zero-order valence-electron chi connectivity index (χ0n) is 11.6. The molecule has 102 valence electrons. The molecule has 2 rings (SSSR count). The van der Waals surface area contributed by atoms with Gasteiger partial charge in [0.1, 0.15) is 0 Å². The molecule has 0 radical (unpaired) electrons. The molecule has 1 saturated carbocycles. The van der Waals surface area contributed by atoms with E-state index in [2.05, 4.69) is 10.6 Å². The van der Waals surface area contributed by atoms with Gasteiger partial charge in [0.05, 0.1) is 0 Å². The van der Waals surface area contributed by atoms with Crippen molar-refractivity contribution in [3.63, 3.8) is 0 Å². The third kappa shape index (κ3) is 3.81. The Hall–Kier alpha value is -1.84. The molecule has 1 fully saturated rings. The molecule has 1 aliphatic rings. The van der Waals surface area contributed by atoms with Crippen LogP contribution in [0.15, 0.2) is 24.3 Å². The van der Waals surface area contributed by atoms with Crippen LogP contribution >= 0.6 is 0 Å². The molecule has 0 unspecified atom stereocenters. The third-order valence-electron chi connectivity index (χ3n) is 2.98. The molecular weight excluding hydrogens is 240 g/mol. The number of amides is 2. The Morgan fingerprint density at radius 2 is 1.89 bits per heavy atom. The number of hydrogen-bond acceptors (Lipinski definition) is 2. The molecular formula is C15H20N2O2. The quantitative estimate of drug-likeness (QED) is 0.877. The molecule has 1 aliphatic carbocycles. The molecule has 4 nitrogen and oxygen atoms in total. The smallest absolute Gasteiger partial charge is 0.251 e. The number of nitrogens with one attached hydrogen (secondary N) is 2. The van der Waals surface area contributed by atoms with Gasteiger partial charge in [-0.2, -0.15) is 0 Å². The summed E-state index contributed by atoms with van der Waals surface area (Å²) in [4.78, 5) is 23.8. The van der Waals surface area contributed by atoms with Gasteiger partial charge >= 0.3 is 0 Å². The van der Waals surface area contributed by atoms with E-state index in [0.29, 0.717) is 17.3 Å². The van der Waals surface area contributed by atoms with Crippen molar-refractivity contribution in [1.29, 1.82) is 0 Å². The zero-order valence-corrected chi connectivity index (χ0v) is 11.6. The lowest BCUT2D eigenvalue weighted by molar-refractivity contribution is -0.123. The van der Waals surface area contributed by atoms with Crippen LogP contribution in [0.25, 0.3) is 0 Å². The average Bonchev–Trinajstić information content (AvgIpc) is 3.12. The average molecular weight is 260 g/mol. The fraction of sp³-hybridized carbons (Fsp3) is 0.467. The number of rotatable bonds is 3. The topological polar surface area (TPSA) is 58.2 Å². The van der Waals surface area contributed by atoms with Crippen molar-refractivity contribution >= 4 is 17.5 Å². The second kappa shape index (κ2) is 5.03. The lowest BCUT2D eigenvalue weighted by atomic mass is 9.95. The molecule has 4 heteroatoms. The highest BCUT2D eigenvalue weighted by molar-refractivity contribution is 5.98. The minimum absolute atomic E-state index is 0.0627. The van der Waals surface area contributed by atoms with E-state index < -0.39 is 5.41 Å². The second-order valence-electron chi connectivity index (χ2n) is 6.03. The van der Waals surface area contributed by atoms with Crippen LogP contribution in [0.2, 0.25) is 0 Å². The van der Waals surface area contributed by atoms with Gasteiger partial charge in [-0.15, -0.1) is 0 Å². The molecule has 0 aliphatic heterocycles. The monoisotopic (exact) mass is 260 g/mol. The van der Waals surface area contributed by atoms with Gasteiger partial charge in [-0.25, -0.2) is 0 Å². The molecule has 0 aromatic heterocycles. The first kappa shape index (κ1) is 13.6. The SMILES string of the molecule is CC(C)(C)C(=O)Nc1cccc(C(=O)NC2CC2)c1. The Morgan fingerprint density at radius 3 is 2.47 bits per heavy atom. The van der Waals surface area contributed by atoms with Gasteiger partial charge in [0, 0.05) is 22.7 Å². The van der Waals surface area contributed by atoms with Crippen LogP contribution in [0.1, 0.15) is 44.0 Å². The summed E-state index contributed by atoms with van der Waals surface area (Å²) < 4.78 is 0. The van der Waals surface area contributed by atoms with Crippen LogP contribution in [0, 0.1) is 5.41 Å². The first-order valence-electron chi connectivity index (χ1n) is 6.58. The molecule has 0 atom stereocenters. The molecule has 2 amide bonds. The van der Waals surface area contributed by atoms with E-state index in [9.17, 15) is 9.59 Å². The summed E-state index contributed by atoms with van der Waals surface area (Å²) in [7, 11) is 0. The molecule has 0 bridgehead atoms. The summed E-state index contributed by atoms with van der Waals surface area (Å²) in [5.74, 6) is -0.137. The fourth-order valence-electron chi connectivity index (χ4n) is 1.55. The minimum Gasteiger partial charge on any atom is -0.349 e. The van der Waals surface area contributed by atoms with Crippen molar-refractivity contribution < 1.29 is 9.59 Å². The number of hydrogen-bond donors (Lipinski definition) is 2. The van der Waals surface area contributed by atoms with Crippen molar-refractivity contribution in [3.05, 3.63) is 29.8 Å². The molecule has 19 heavy (non-hydrogen) atoms. The summed E-state index contributed by atoms with van der Waals surface area (Å²) in [6.45, 7) is 5.56. The standard InChI is InChI=1S/C15H20N2O2/c1-15(2,3)14(19)17-12-6-4-5-10(9-12)13(18)16-11-7-8-11/h4-6,9,11H,7-8H2,1-3H3,(H,16,18)(H,17,19). The van der Waals surface area contributed by atoms with Gasteiger partial charge in [-0.05, 0) is 31.0 Å². The molecule has 2 N–H and O–H groups in total. The van der Waals surface area contributed by atoms with Gasteiger partial charge in [0.2, 0.25) is 5.91 Å². The molecule has 1 aromatic rings. The van der Waals surface area contributed by atoms with E-state index in [1.165, 1.54) is 0 Å². The normalized spacial score (nSPS) is 14.9. The van der Waals surface area contributed by atoms with Crippen molar-refractivity contribution in [3.8, 4) is 0 Å². The Morgan fingerprint density at radius 1 is 1.21 bits per heavy atom. The predicted octanol–water partition coefficient (Wildman–Crippen LogP) is 2.56. The van der Waals surface area contributed by atoms with E-state index >= 15 is 0 Å². The summed E-state index contributed by atoms with van der Waals surface area (Å²) in [5, 5.41) is 5.76. The lowest BCUT2D eigenvalue weighted by Gasteiger charge is -2.18. The van der Waals surface area contributed by atoms with Crippen molar-refractivity contribution in [2.75, 3.05) is 5.32 Å². The number of carbonyl (C=O) groups is 2. The van der Waals surface area contributed by atoms with E-state index in [0.717, 1.165) is 12.8 Å². The maximum atomic E-state index is 11.9. The second-order valence-corrected chi connectivity index (χ2v) is 6.03. The van der Waals surface area contributed by atoms with Crippen molar-refractivity contribution in [1.82, 2.24) is 5.32 Å². The summed E-state index contributed by atoms with van der Waals surface area (Å²) in [5.41, 5.74) is 0.786. The first-order valence-corrected chi connectivity index (χ1v) is 6.58. The number of carbonyl (C=O) groups excluding carboxylic acids is 2. The zero-order chi connectivity index (χ0) is 14.0. The highest BCUT2D eigenvalue weighted by Gasteiger charge is 2.24. The number of benzene rings is 1. The van der Waals surface area contributed by atoms with Crippen LogP contribution in [-0.4, -0.2) is 17.9 Å². The highest BCUT2D eigenvalue weighted by Crippen LogP contribution is 2.21. The Kier molecular flexibility index (Phi) is 3.60. The molecule has 1 aromatic carbocycles. The van der Waals surface area contributed by atoms with Crippen LogP contribution < -0.4 is 10.6 Å². The minimum atomic E-state index is -0.452. The van der Waals surface area contributed by atoms with Gasteiger partial charge in [0.25, 0.3) is 5.91 Å². The van der Waals surface area contributed by atoms with E-state index in [-0.39, 0.29) is 11.8 Å². The van der Waals surface area contributed by atoms with Crippen molar-refractivity contribution in [2.24, 2.45) is 5.41 Å². The Labute approximate surface area is 113 Å². The largest absolute Gasteiger partial charge is 0.349 e. The Balaban J connectivity index is 2.06. The van der Waals surface area contributed by atoms with Crippen LogP contribution in [0.4, 0.5) is 5.69 Å². The van der Waals surface area contributed by atoms with Gasteiger partial charge in [-0.1, -0.05) is 26.8 Å². The van der Waals surface area contributed by atoms with Gasteiger partial charge in [0.15, 0.2) is 0 Å². The molecule has 0 heterocycles. The van der Waals surface area contributed by atoms with E-state index in [4.69, 9.17) is 0 Å². The van der Waals surface area contributed by atoms with E-state index in [1.54, 1.807) is 24.3 Å². The first-order chi connectivity index (χ1) is 8.86. The van der Waals surface area contributed by atoms with Gasteiger partial charge < -0.3 is 10.6 Å². The Bertz CT molecular complexity index is 499. The highest BCUT2D eigenvalue weighted by atomic mass is 16.2. The summed E-state index contributed by atoms with van der Waals surface area (Å²) in [6, 6.07) is 7.36. The van der Waals surface area contributed by atoms with Crippen LogP contribution in [0.3, 0.4) is 0 Å². The van der Waals surface area contributed by atoms with Gasteiger partial charge in [-0.3, -0.25) is 9.59 Å². The van der Waals surface area contributed by atoms with Crippen LogP contribution in [-0.2, 0) is 4.79 Å². The molecule has 0 spiro atoms. The predicted molar refractivity (Wildman–Crippen MR) is 75.0 cm³/mol. The van der Waals surface area contributed by atoms with Crippen LogP contribution in [0.5, 0.6) is 0 Å². The fourth-order valence-corrected chi connectivity index (χ4v) is 1.55. The third-order valence-corrected chi connectivity index (χ3v) is 2.98. The summed E-state index contributed by atoms with van der Waals surface area (Å²) >= 11 is 0. The van der Waals surface area contributed by atoms with E-state index in [1.807, 2.05) is 20.8 Å². The maximum absolute atomic E-state index is 11.9. The molecule has 0 saturated heterocycles.